The van der Waals surface area contributed by atoms with Crippen molar-refractivity contribution in [3.8, 4) is 0 Å². The lowest BCUT2D eigenvalue weighted by atomic mass is 9.75. The highest BCUT2D eigenvalue weighted by molar-refractivity contribution is 5.77. The van der Waals surface area contributed by atoms with Crippen LogP contribution < -0.4 is 5.32 Å². The molecule has 3 heteroatoms. The summed E-state index contributed by atoms with van der Waals surface area (Å²) in [5.41, 5.74) is 0. The Kier molecular flexibility index (Phi) is 4.42. The molecule has 0 spiro atoms. The minimum atomic E-state index is 0.406. The Morgan fingerprint density at radius 2 is 1.79 bits per heavy atom. The number of hydrogen-bond acceptors (Lipinski definition) is 2. The zero-order chi connectivity index (χ0) is 13.1. The number of carbonyl (C=O) groups is 1. The van der Waals surface area contributed by atoms with Crippen molar-refractivity contribution in [3.05, 3.63) is 0 Å². The summed E-state index contributed by atoms with van der Waals surface area (Å²) >= 11 is 0. The van der Waals surface area contributed by atoms with Crippen LogP contribution in [0.2, 0.25) is 0 Å². The van der Waals surface area contributed by atoms with E-state index >= 15 is 0 Å². The molecule has 2 saturated heterocycles. The molecule has 0 aromatic heterocycles. The second kappa shape index (κ2) is 6.25. The maximum atomic E-state index is 12.4. The van der Waals surface area contributed by atoms with Crippen molar-refractivity contribution in [1.29, 1.82) is 0 Å². The van der Waals surface area contributed by atoms with Gasteiger partial charge in [-0.3, -0.25) is 4.79 Å². The summed E-state index contributed by atoms with van der Waals surface area (Å²) in [6, 6.07) is 0.449. The van der Waals surface area contributed by atoms with E-state index in [9.17, 15) is 4.79 Å². The Morgan fingerprint density at radius 1 is 1.00 bits per heavy atom. The Labute approximate surface area is 117 Å². The van der Waals surface area contributed by atoms with Crippen molar-refractivity contribution in [3.63, 3.8) is 0 Å². The summed E-state index contributed by atoms with van der Waals surface area (Å²) in [4.78, 5) is 14.6. The zero-order valence-electron chi connectivity index (χ0n) is 12.1. The third-order valence-electron chi connectivity index (χ3n) is 5.48. The van der Waals surface area contributed by atoms with E-state index in [0.29, 0.717) is 11.9 Å². The van der Waals surface area contributed by atoms with Crippen molar-refractivity contribution in [1.82, 2.24) is 10.2 Å². The summed E-state index contributed by atoms with van der Waals surface area (Å²) < 4.78 is 0. The number of piperidine rings is 2. The van der Waals surface area contributed by atoms with Gasteiger partial charge in [0.2, 0.25) is 5.91 Å². The van der Waals surface area contributed by atoms with Gasteiger partial charge in [0.25, 0.3) is 0 Å². The lowest BCUT2D eigenvalue weighted by Crippen LogP contribution is -2.47. The molecule has 2 heterocycles. The van der Waals surface area contributed by atoms with Crippen LogP contribution in [0.25, 0.3) is 0 Å². The van der Waals surface area contributed by atoms with E-state index in [2.05, 4.69) is 10.2 Å². The fourth-order valence-electron chi connectivity index (χ4n) is 4.27. The standard InChI is InChI=1S/C16H28N2O/c19-16(11-15-7-3-4-9-17-15)18-10-8-13-5-1-2-6-14(13)12-18/h13-15,17H,1-12H2. The van der Waals surface area contributed by atoms with Crippen molar-refractivity contribution >= 4 is 5.91 Å². The summed E-state index contributed by atoms with van der Waals surface area (Å²) in [5.74, 6) is 2.14. The van der Waals surface area contributed by atoms with E-state index in [0.717, 1.165) is 37.9 Å². The van der Waals surface area contributed by atoms with E-state index < -0.39 is 0 Å². The van der Waals surface area contributed by atoms with Gasteiger partial charge in [-0.2, -0.15) is 0 Å². The average molecular weight is 264 g/mol. The van der Waals surface area contributed by atoms with Crippen LogP contribution in [0, 0.1) is 11.8 Å². The van der Waals surface area contributed by atoms with Gasteiger partial charge in [0.05, 0.1) is 0 Å². The predicted octanol–water partition coefficient (Wildman–Crippen LogP) is 2.56. The summed E-state index contributed by atoms with van der Waals surface area (Å²) in [6.45, 7) is 3.17. The largest absolute Gasteiger partial charge is 0.342 e. The zero-order valence-corrected chi connectivity index (χ0v) is 12.1. The first kappa shape index (κ1) is 13.4. The molecule has 3 aliphatic rings. The monoisotopic (exact) mass is 264 g/mol. The van der Waals surface area contributed by atoms with E-state index in [-0.39, 0.29) is 0 Å². The molecular formula is C16H28N2O. The summed E-state index contributed by atoms with van der Waals surface area (Å²) in [7, 11) is 0. The maximum absolute atomic E-state index is 12.4. The SMILES string of the molecule is O=C(CC1CCCCN1)N1CCC2CCCCC2C1. The fourth-order valence-corrected chi connectivity index (χ4v) is 4.27. The van der Waals surface area contributed by atoms with Crippen LogP contribution in [0.5, 0.6) is 0 Å². The Bertz CT molecular complexity index is 312. The van der Waals surface area contributed by atoms with Gasteiger partial charge in [-0.15, -0.1) is 0 Å². The Hall–Kier alpha value is -0.570. The number of rotatable bonds is 2. The number of amides is 1. The number of hydrogen-bond donors (Lipinski definition) is 1. The topological polar surface area (TPSA) is 32.3 Å². The third kappa shape index (κ3) is 3.31. The molecule has 3 atom stereocenters. The van der Waals surface area contributed by atoms with Crippen LogP contribution in [0.4, 0.5) is 0 Å². The van der Waals surface area contributed by atoms with Gasteiger partial charge in [-0.1, -0.05) is 25.7 Å². The molecule has 3 nitrogen and oxygen atoms in total. The number of fused-ring (bicyclic) bond motifs is 1. The van der Waals surface area contributed by atoms with Crippen molar-refractivity contribution in [2.75, 3.05) is 19.6 Å². The molecule has 3 rings (SSSR count). The molecule has 0 bridgehead atoms. The van der Waals surface area contributed by atoms with Gasteiger partial charge >= 0.3 is 0 Å². The van der Waals surface area contributed by atoms with Gasteiger partial charge in [-0.25, -0.2) is 0 Å². The lowest BCUT2D eigenvalue weighted by molar-refractivity contribution is -0.135. The molecule has 1 aliphatic carbocycles. The normalized spacial score (nSPS) is 35.8. The molecule has 1 saturated carbocycles. The van der Waals surface area contributed by atoms with Crippen LogP contribution in [-0.4, -0.2) is 36.5 Å². The Morgan fingerprint density at radius 3 is 2.58 bits per heavy atom. The first-order valence-electron chi connectivity index (χ1n) is 8.34. The predicted molar refractivity (Wildman–Crippen MR) is 76.9 cm³/mol. The van der Waals surface area contributed by atoms with Crippen LogP contribution in [-0.2, 0) is 4.79 Å². The van der Waals surface area contributed by atoms with Gasteiger partial charge < -0.3 is 10.2 Å². The van der Waals surface area contributed by atoms with E-state index in [1.54, 1.807) is 0 Å². The van der Waals surface area contributed by atoms with Crippen molar-refractivity contribution in [2.24, 2.45) is 11.8 Å². The van der Waals surface area contributed by atoms with E-state index in [4.69, 9.17) is 0 Å². The molecule has 1 N–H and O–H groups in total. The first-order valence-corrected chi connectivity index (χ1v) is 8.34. The van der Waals surface area contributed by atoms with E-state index in [1.807, 2.05) is 0 Å². The molecule has 1 amide bonds. The highest BCUT2D eigenvalue weighted by Gasteiger charge is 2.33. The average Bonchev–Trinajstić information content (AvgIpc) is 2.48. The lowest BCUT2D eigenvalue weighted by Gasteiger charge is -2.41. The molecule has 19 heavy (non-hydrogen) atoms. The molecule has 3 fully saturated rings. The van der Waals surface area contributed by atoms with Crippen LogP contribution >= 0.6 is 0 Å². The highest BCUT2D eigenvalue weighted by atomic mass is 16.2. The third-order valence-corrected chi connectivity index (χ3v) is 5.48. The van der Waals surface area contributed by atoms with Crippen LogP contribution in [0.3, 0.4) is 0 Å². The number of likely N-dealkylation sites (tertiary alicyclic amines) is 1. The second-order valence-electron chi connectivity index (χ2n) is 6.78. The smallest absolute Gasteiger partial charge is 0.224 e. The van der Waals surface area contributed by atoms with Crippen LogP contribution in [0.1, 0.15) is 57.8 Å². The number of nitrogens with one attached hydrogen (secondary N) is 1. The quantitative estimate of drug-likeness (QED) is 0.831. The van der Waals surface area contributed by atoms with E-state index in [1.165, 1.54) is 51.4 Å². The van der Waals surface area contributed by atoms with Gasteiger partial charge in [-0.05, 0) is 44.1 Å². The number of nitrogens with zero attached hydrogens (tertiary/aromatic N) is 1. The van der Waals surface area contributed by atoms with Gasteiger partial charge in [0.15, 0.2) is 0 Å². The van der Waals surface area contributed by atoms with Crippen molar-refractivity contribution in [2.45, 2.75) is 63.8 Å². The highest BCUT2D eigenvalue weighted by Crippen LogP contribution is 2.36. The molecule has 0 aromatic rings. The van der Waals surface area contributed by atoms with Gasteiger partial charge in [0, 0.05) is 25.6 Å². The summed E-state index contributed by atoms with van der Waals surface area (Å²) in [5, 5.41) is 3.50. The maximum Gasteiger partial charge on any atom is 0.224 e. The van der Waals surface area contributed by atoms with Crippen molar-refractivity contribution < 1.29 is 4.79 Å². The van der Waals surface area contributed by atoms with Gasteiger partial charge in [0.1, 0.15) is 0 Å². The Balaban J connectivity index is 1.49. The fraction of sp³-hybridized carbons (Fsp3) is 0.938. The molecule has 2 aliphatic heterocycles. The molecular weight excluding hydrogens is 236 g/mol. The number of carbonyl (C=O) groups excluding carboxylic acids is 1. The minimum Gasteiger partial charge on any atom is -0.342 e. The first-order chi connectivity index (χ1) is 9.33. The summed E-state index contributed by atoms with van der Waals surface area (Å²) in [6.07, 6.45) is 11.3. The molecule has 3 unspecified atom stereocenters. The second-order valence-corrected chi connectivity index (χ2v) is 6.78. The minimum absolute atomic E-state index is 0.406. The van der Waals surface area contributed by atoms with Crippen LogP contribution in [0.15, 0.2) is 0 Å². The molecule has 0 radical (unpaired) electrons. The molecule has 108 valence electrons. The molecule has 0 aromatic carbocycles.